The van der Waals surface area contributed by atoms with Crippen molar-refractivity contribution < 1.29 is 14.4 Å². The van der Waals surface area contributed by atoms with Crippen molar-refractivity contribution in [1.29, 1.82) is 0 Å². The zero-order valence-electron chi connectivity index (χ0n) is 17.4. The highest BCUT2D eigenvalue weighted by molar-refractivity contribution is 6.05. The molecule has 2 aromatic carbocycles. The number of amides is 3. The summed E-state index contributed by atoms with van der Waals surface area (Å²) < 4.78 is 0. The third-order valence-electron chi connectivity index (χ3n) is 4.51. The van der Waals surface area contributed by atoms with E-state index in [9.17, 15) is 14.4 Å². The average Bonchev–Trinajstić information content (AvgIpc) is 2.79. The third-order valence-corrected chi connectivity index (χ3v) is 4.51. The van der Waals surface area contributed by atoms with E-state index in [-0.39, 0.29) is 23.6 Å². The highest BCUT2D eigenvalue weighted by Gasteiger charge is 2.10. The maximum atomic E-state index is 12.5. The van der Waals surface area contributed by atoms with Gasteiger partial charge >= 0.3 is 0 Å². The molecule has 31 heavy (non-hydrogen) atoms. The van der Waals surface area contributed by atoms with Crippen molar-refractivity contribution in [1.82, 2.24) is 10.3 Å². The maximum Gasteiger partial charge on any atom is 0.257 e. The Morgan fingerprint density at radius 1 is 0.839 bits per heavy atom. The van der Waals surface area contributed by atoms with Gasteiger partial charge in [0.15, 0.2) is 0 Å². The normalized spacial score (nSPS) is 10.4. The summed E-state index contributed by atoms with van der Waals surface area (Å²) in [7, 11) is 0. The van der Waals surface area contributed by atoms with Gasteiger partial charge in [0, 0.05) is 41.8 Å². The molecule has 1 heterocycles. The molecule has 0 atom stereocenters. The summed E-state index contributed by atoms with van der Waals surface area (Å²) in [5.74, 6) is -0.689. The Kier molecular flexibility index (Phi) is 7.11. The van der Waals surface area contributed by atoms with Crippen LogP contribution in [-0.4, -0.2) is 22.7 Å². The van der Waals surface area contributed by atoms with E-state index in [1.165, 1.54) is 6.20 Å². The topological polar surface area (TPSA) is 100 Å². The van der Waals surface area contributed by atoms with Crippen LogP contribution in [0.25, 0.3) is 0 Å². The van der Waals surface area contributed by atoms with Crippen molar-refractivity contribution in [2.45, 2.75) is 20.4 Å². The Morgan fingerprint density at radius 3 is 2.26 bits per heavy atom. The van der Waals surface area contributed by atoms with Crippen LogP contribution >= 0.6 is 0 Å². The lowest BCUT2D eigenvalue weighted by Gasteiger charge is -2.10. The van der Waals surface area contributed by atoms with E-state index in [4.69, 9.17) is 0 Å². The summed E-state index contributed by atoms with van der Waals surface area (Å²) in [4.78, 5) is 40.5. The van der Waals surface area contributed by atoms with E-state index in [0.29, 0.717) is 29.0 Å². The highest BCUT2D eigenvalue weighted by Crippen LogP contribution is 2.14. The van der Waals surface area contributed by atoms with E-state index >= 15 is 0 Å². The number of hydrogen-bond donors (Lipinski definition) is 3. The Bertz CT molecular complexity index is 1060. The van der Waals surface area contributed by atoms with Crippen molar-refractivity contribution in [3.8, 4) is 0 Å². The van der Waals surface area contributed by atoms with Crippen LogP contribution in [0.2, 0.25) is 0 Å². The number of carbonyl (C=O) groups is 3. The van der Waals surface area contributed by atoms with Crippen LogP contribution in [0.4, 0.5) is 11.4 Å². The van der Waals surface area contributed by atoms with Gasteiger partial charge in [-0.15, -0.1) is 0 Å². The second-order valence-electron chi connectivity index (χ2n) is 7.30. The molecule has 3 rings (SSSR count). The number of nitrogens with one attached hydrogen (secondary N) is 3. The minimum atomic E-state index is -0.296. The molecule has 0 saturated heterocycles. The van der Waals surface area contributed by atoms with Crippen LogP contribution in [0, 0.1) is 5.92 Å². The van der Waals surface area contributed by atoms with Gasteiger partial charge < -0.3 is 16.0 Å². The minimum absolute atomic E-state index is 0.0449. The first-order valence-electron chi connectivity index (χ1n) is 9.92. The van der Waals surface area contributed by atoms with E-state index in [0.717, 1.165) is 5.56 Å². The zero-order valence-corrected chi connectivity index (χ0v) is 17.4. The van der Waals surface area contributed by atoms with Crippen LogP contribution < -0.4 is 16.0 Å². The zero-order chi connectivity index (χ0) is 22.2. The number of nitrogens with zero attached hydrogens (tertiary/aromatic N) is 1. The van der Waals surface area contributed by atoms with Gasteiger partial charge in [-0.1, -0.05) is 32.0 Å². The van der Waals surface area contributed by atoms with Gasteiger partial charge in [0.25, 0.3) is 11.8 Å². The molecule has 158 valence electrons. The lowest BCUT2D eigenvalue weighted by atomic mass is 10.1. The molecule has 7 heteroatoms. The fraction of sp³-hybridized carbons (Fsp3) is 0.167. The van der Waals surface area contributed by atoms with Gasteiger partial charge in [0.2, 0.25) is 5.91 Å². The molecular formula is C24H24N4O3. The lowest BCUT2D eigenvalue weighted by molar-refractivity contribution is -0.118. The monoisotopic (exact) mass is 416 g/mol. The predicted molar refractivity (Wildman–Crippen MR) is 120 cm³/mol. The first-order valence-corrected chi connectivity index (χ1v) is 9.92. The summed E-state index contributed by atoms with van der Waals surface area (Å²) in [6.07, 6.45) is 3.07. The van der Waals surface area contributed by atoms with Crippen molar-refractivity contribution in [3.05, 3.63) is 89.7 Å². The summed E-state index contributed by atoms with van der Waals surface area (Å²) in [6.45, 7) is 4.00. The summed E-state index contributed by atoms with van der Waals surface area (Å²) in [5, 5.41) is 8.45. The molecule has 0 radical (unpaired) electrons. The summed E-state index contributed by atoms with van der Waals surface area (Å²) in [5.41, 5.74) is 3.00. The molecular weight excluding hydrogens is 392 g/mol. The van der Waals surface area contributed by atoms with E-state index in [1.807, 2.05) is 26.0 Å². The average molecular weight is 416 g/mol. The predicted octanol–water partition coefficient (Wildman–Crippen LogP) is 3.86. The van der Waals surface area contributed by atoms with Crippen LogP contribution in [0.3, 0.4) is 0 Å². The number of anilines is 2. The first kappa shape index (κ1) is 21.7. The van der Waals surface area contributed by atoms with Crippen molar-refractivity contribution in [2.75, 3.05) is 10.6 Å². The highest BCUT2D eigenvalue weighted by atomic mass is 16.2. The Hall–Kier alpha value is -4.00. The quantitative estimate of drug-likeness (QED) is 0.544. The minimum Gasteiger partial charge on any atom is -0.348 e. The second kappa shape index (κ2) is 10.2. The number of benzene rings is 2. The number of carbonyl (C=O) groups excluding carboxylic acids is 3. The SMILES string of the molecule is CC(C)C(=O)Nc1ccc(CNC(=O)c2cccc(NC(=O)c3cccnc3)c2)cc1. The molecule has 3 aromatic rings. The molecule has 0 aliphatic rings. The van der Waals surface area contributed by atoms with Crippen LogP contribution in [-0.2, 0) is 11.3 Å². The summed E-state index contributed by atoms with van der Waals surface area (Å²) in [6, 6.07) is 17.4. The van der Waals surface area contributed by atoms with Gasteiger partial charge in [-0.3, -0.25) is 19.4 Å². The standard InChI is InChI=1S/C24H24N4O3/c1-16(2)22(29)27-20-10-8-17(9-11-20)14-26-23(30)18-5-3-7-21(13-18)28-24(31)19-6-4-12-25-15-19/h3-13,15-16H,14H2,1-2H3,(H,26,30)(H,27,29)(H,28,31). The van der Waals surface area contributed by atoms with E-state index < -0.39 is 0 Å². The molecule has 0 saturated carbocycles. The van der Waals surface area contributed by atoms with Gasteiger partial charge in [0.1, 0.15) is 0 Å². The lowest BCUT2D eigenvalue weighted by Crippen LogP contribution is -2.23. The molecule has 0 unspecified atom stereocenters. The maximum absolute atomic E-state index is 12.5. The van der Waals surface area contributed by atoms with Crippen molar-refractivity contribution in [2.24, 2.45) is 5.92 Å². The van der Waals surface area contributed by atoms with Crippen LogP contribution in [0.5, 0.6) is 0 Å². The van der Waals surface area contributed by atoms with Gasteiger partial charge in [-0.05, 0) is 48.0 Å². The molecule has 0 fully saturated rings. The smallest absolute Gasteiger partial charge is 0.257 e. The number of rotatable bonds is 7. The number of hydrogen-bond acceptors (Lipinski definition) is 4. The number of aromatic nitrogens is 1. The Morgan fingerprint density at radius 2 is 1.58 bits per heavy atom. The largest absolute Gasteiger partial charge is 0.348 e. The molecule has 0 aliphatic carbocycles. The van der Waals surface area contributed by atoms with Crippen LogP contribution in [0.1, 0.15) is 40.1 Å². The second-order valence-corrected chi connectivity index (χ2v) is 7.30. The molecule has 0 bridgehead atoms. The Balaban J connectivity index is 1.56. The fourth-order valence-corrected chi connectivity index (χ4v) is 2.72. The molecule has 0 spiro atoms. The third kappa shape index (κ3) is 6.24. The van der Waals surface area contributed by atoms with E-state index in [2.05, 4.69) is 20.9 Å². The van der Waals surface area contributed by atoms with Crippen LogP contribution in [0.15, 0.2) is 73.1 Å². The Labute approximate surface area is 180 Å². The van der Waals surface area contributed by atoms with Gasteiger partial charge in [-0.2, -0.15) is 0 Å². The molecule has 1 aromatic heterocycles. The van der Waals surface area contributed by atoms with Gasteiger partial charge in [-0.25, -0.2) is 0 Å². The molecule has 3 amide bonds. The van der Waals surface area contributed by atoms with Gasteiger partial charge in [0.05, 0.1) is 5.56 Å². The molecule has 0 aliphatic heterocycles. The fourth-order valence-electron chi connectivity index (χ4n) is 2.72. The van der Waals surface area contributed by atoms with E-state index in [1.54, 1.807) is 54.7 Å². The molecule has 3 N–H and O–H groups in total. The summed E-state index contributed by atoms with van der Waals surface area (Å²) >= 11 is 0. The number of pyridine rings is 1. The molecule has 7 nitrogen and oxygen atoms in total. The first-order chi connectivity index (χ1) is 14.9. The van der Waals surface area contributed by atoms with Crippen molar-refractivity contribution in [3.63, 3.8) is 0 Å². The van der Waals surface area contributed by atoms with Crippen molar-refractivity contribution >= 4 is 29.1 Å².